The quantitative estimate of drug-likeness (QED) is 0.544. The van der Waals surface area contributed by atoms with Crippen LogP contribution < -0.4 is 10.1 Å². The number of carbonyl (C=O) groups is 1. The second-order valence-corrected chi connectivity index (χ2v) is 6.51. The van der Waals surface area contributed by atoms with Crippen molar-refractivity contribution in [3.8, 4) is 5.75 Å². The minimum Gasteiger partial charge on any atom is -0.497 e. The molecule has 0 spiro atoms. The Balaban J connectivity index is 2.55. The van der Waals surface area contributed by atoms with Crippen LogP contribution in [0.2, 0.25) is 0 Å². The Bertz CT molecular complexity index is 451. The Kier molecular flexibility index (Phi) is 8.91. The monoisotopic (exact) mass is 325 g/mol. The molecule has 0 aliphatic rings. The van der Waals surface area contributed by atoms with E-state index in [2.05, 4.69) is 21.5 Å². The first kappa shape index (κ1) is 18.8. The number of unbranched alkanes of at least 4 members (excludes halogenated alkanes) is 3. The lowest BCUT2D eigenvalue weighted by Gasteiger charge is -2.23. The van der Waals surface area contributed by atoms with Gasteiger partial charge in [0.2, 0.25) is 0 Å². The fourth-order valence-corrected chi connectivity index (χ4v) is 2.53. The summed E-state index contributed by atoms with van der Waals surface area (Å²) in [6, 6.07) is 7.61. The molecule has 22 heavy (non-hydrogen) atoms. The standard InChI is InChI=1S/C17H28NO3P/c1-4-5-6-7-11-21-17(19)18-16(13(2)22)14-9-8-10-15(12-14)20-3/h8-10,12-13,16H,4-7,11,22H2,1-3H3,(H,18,19)/t13-,16+/m0/s1. The van der Waals surface area contributed by atoms with E-state index in [0.717, 1.165) is 24.2 Å². The molecule has 1 aromatic carbocycles. The number of alkyl carbamates (subject to hydrolysis) is 1. The fraction of sp³-hybridized carbons (Fsp3) is 0.588. The number of nitrogens with one attached hydrogen (secondary N) is 1. The number of hydrogen-bond acceptors (Lipinski definition) is 3. The van der Waals surface area contributed by atoms with Gasteiger partial charge in [-0.3, -0.25) is 0 Å². The Hall–Kier alpha value is -1.28. The van der Waals surface area contributed by atoms with E-state index in [-0.39, 0.29) is 17.8 Å². The first-order valence-corrected chi connectivity index (χ1v) is 8.58. The molecule has 1 N–H and O–H groups in total. The van der Waals surface area contributed by atoms with Crippen LogP contribution in [0.15, 0.2) is 24.3 Å². The maximum atomic E-state index is 11.9. The molecular weight excluding hydrogens is 297 g/mol. The first-order valence-electron chi connectivity index (χ1n) is 7.91. The summed E-state index contributed by atoms with van der Waals surface area (Å²) >= 11 is 0. The third kappa shape index (κ3) is 6.65. The first-order chi connectivity index (χ1) is 10.6. The molecule has 0 saturated carbocycles. The molecule has 1 amide bonds. The summed E-state index contributed by atoms with van der Waals surface area (Å²) in [4.78, 5) is 11.9. The molecule has 0 saturated heterocycles. The molecular formula is C17H28NO3P. The lowest BCUT2D eigenvalue weighted by molar-refractivity contribution is 0.140. The van der Waals surface area contributed by atoms with Gasteiger partial charge in [-0.1, -0.05) is 45.2 Å². The molecule has 1 aromatic rings. The highest BCUT2D eigenvalue weighted by molar-refractivity contribution is 7.17. The zero-order chi connectivity index (χ0) is 16.4. The van der Waals surface area contributed by atoms with Gasteiger partial charge in [0.25, 0.3) is 0 Å². The van der Waals surface area contributed by atoms with Gasteiger partial charge in [-0.2, -0.15) is 0 Å². The van der Waals surface area contributed by atoms with Crippen LogP contribution in [0.25, 0.3) is 0 Å². The van der Waals surface area contributed by atoms with E-state index < -0.39 is 0 Å². The van der Waals surface area contributed by atoms with Crippen molar-refractivity contribution in [3.05, 3.63) is 29.8 Å². The summed E-state index contributed by atoms with van der Waals surface area (Å²) in [5.74, 6) is 0.780. The van der Waals surface area contributed by atoms with Crippen molar-refractivity contribution in [2.75, 3.05) is 13.7 Å². The highest BCUT2D eigenvalue weighted by Gasteiger charge is 2.19. The molecule has 0 aromatic heterocycles. The number of benzene rings is 1. The summed E-state index contributed by atoms with van der Waals surface area (Å²) in [5, 5.41) is 2.94. The lowest BCUT2D eigenvalue weighted by Crippen LogP contribution is -2.33. The molecule has 3 atom stereocenters. The van der Waals surface area contributed by atoms with Gasteiger partial charge in [-0.15, -0.1) is 9.24 Å². The average molecular weight is 325 g/mol. The van der Waals surface area contributed by atoms with Crippen molar-refractivity contribution in [2.45, 2.75) is 51.2 Å². The number of amides is 1. The van der Waals surface area contributed by atoms with E-state index in [1.54, 1.807) is 7.11 Å². The van der Waals surface area contributed by atoms with Gasteiger partial charge in [0.05, 0.1) is 19.8 Å². The van der Waals surface area contributed by atoms with Crippen LogP contribution in [-0.2, 0) is 4.74 Å². The Morgan fingerprint density at radius 2 is 2.09 bits per heavy atom. The summed E-state index contributed by atoms with van der Waals surface area (Å²) in [6.45, 7) is 4.67. The van der Waals surface area contributed by atoms with E-state index in [1.165, 1.54) is 12.8 Å². The SMILES string of the molecule is CCCCCCOC(=O)N[C@@H](c1cccc(OC)c1)[C@H](C)P. The molecule has 124 valence electrons. The van der Waals surface area contributed by atoms with Crippen molar-refractivity contribution in [1.82, 2.24) is 5.32 Å². The summed E-state index contributed by atoms with van der Waals surface area (Å²) in [6.07, 6.45) is 4.01. The van der Waals surface area contributed by atoms with Gasteiger partial charge in [0.1, 0.15) is 5.75 Å². The summed E-state index contributed by atoms with van der Waals surface area (Å²) in [5.41, 5.74) is 1.18. The topological polar surface area (TPSA) is 47.6 Å². The molecule has 1 unspecified atom stereocenters. The number of rotatable bonds is 9. The Morgan fingerprint density at radius 1 is 1.32 bits per heavy atom. The third-order valence-electron chi connectivity index (χ3n) is 3.48. The maximum absolute atomic E-state index is 11.9. The molecule has 0 fully saturated rings. The van der Waals surface area contributed by atoms with Crippen LogP contribution in [0.3, 0.4) is 0 Å². The minimum absolute atomic E-state index is 0.122. The zero-order valence-corrected chi connectivity index (χ0v) is 15.0. The van der Waals surface area contributed by atoms with Crippen LogP contribution in [0.1, 0.15) is 51.1 Å². The van der Waals surface area contributed by atoms with Crippen LogP contribution in [-0.4, -0.2) is 25.5 Å². The van der Waals surface area contributed by atoms with E-state index >= 15 is 0 Å². The van der Waals surface area contributed by atoms with Gasteiger partial charge in [-0.05, 0) is 29.8 Å². The molecule has 4 nitrogen and oxygen atoms in total. The second kappa shape index (κ2) is 10.4. The zero-order valence-electron chi connectivity index (χ0n) is 13.8. The fourth-order valence-electron chi connectivity index (χ4n) is 2.22. The third-order valence-corrected chi connectivity index (χ3v) is 3.87. The molecule has 0 aliphatic heterocycles. The van der Waals surface area contributed by atoms with E-state index in [0.29, 0.717) is 6.61 Å². The van der Waals surface area contributed by atoms with Gasteiger partial charge in [0, 0.05) is 0 Å². The van der Waals surface area contributed by atoms with Crippen LogP contribution in [0.4, 0.5) is 4.79 Å². The average Bonchev–Trinajstić information content (AvgIpc) is 2.52. The predicted octanol–water partition coefficient (Wildman–Crippen LogP) is 4.31. The van der Waals surface area contributed by atoms with Crippen molar-refractivity contribution < 1.29 is 14.3 Å². The van der Waals surface area contributed by atoms with E-state index in [9.17, 15) is 4.79 Å². The molecule has 0 aliphatic carbocycles. The van der Waals surface area contributed by atoms with Crippen LogP contribution in [0, 0.1) is 0 Å². The molecule has 1 rings (SSSR count). The van der Waals surface area contributed by atoms with Crippen LogP contribution >= 0.6 is 9.24 Å². The van der Waals surface area contributed by atoms with E-state index in [4.69, 9.17) is 9.47 Å². The molecule has 0 radical (unpaired) electrons. The highest BCUT2D eigenvalue weighted by Crippen LogP contribution is 2.25. The van der Waals surface area contributed by atoms with E-state index in [1.807, 2.05) is 31.2 Å². The number of methoxy groups -OCH3 is 1. The maximum Gasteiger partial charge on any atom is 0.407 e. The summed E-state index contributed by atoms with van der Waals surface area (Å²) in [7, 11) is 4.36. The summed E-state index contributed by atoms with van der Waals surface area (Å²) < 4.78 is 10.5. The normalized spacial score (nSPS) is 13.3. The van der Waals surface area contributed by atoms with Crippen molar-refractivity contribution in [1.29, 1.82) is 0 Å². The van der Waals surface area contributed by atoms with Gasteiger partial charge in [0.15, 0.2) is 0 Å². The lowest BCUT2D eigenvalue weighted by atomic mass is 10.0. The second-order valence-electron chi connectivity index (χ2n) is 5.45. The van der Waals surface area contributed by atoms with Crippen molar-refractivity contribution >= 4 is 15.3 Å². The smallest absolute Gasteiger partial charge is 0.407 e. The number of hydrogen-bond donors (Lipinski definition) is 1. The Morgan fingerprint density at radius 3 is 2.73 bits per heavy atom. The van der Waals surface area contributed by atoms with Gasteiger partial charge in [-0.25, -0.2) is 4.79 Å². The largest absolute Gasteiger partial charge is 0.497 e. The minimum atomic E-state index is -0.362. The molecule has 0 bridgehead atoms. The van der Waals surface area contributed by atoms with Crippen LogP contribution in [0.5, 0.6) is 5.75 Å². The number of carbonyl (C=O) groups excluding carboxylic acids is 1. The molecule has 5 heteroatoms. The number of ether oxygens (including phenoxy) is 2. The molecule has 0 heterocycles. The van der Waals surface area contributed by atoms with Crippen molar-refractivity contribution in [2.24, 2.45) is 0 Å². The van der Waals surface area contributed by atoms with Gasteiger partial charge >= 0.3 is 6.09 Å². The highest BCUT2D eigenvalue weighted by atomic mass is 31.0. The van der Waals surface area contributed by atoms with Gasteiger partial charge < -0.3 is 14.8 Å². The van der Waals surface area contributed by atoms with Crippen molar-refractivity contribution in [3.63, 3.8) is 0 Å². The predicted molar refractivity (Wildman–Crippen MR) is 93.5 cm³/mol. The Labute approximate surface area is 136 Å².